The first kappa shape index (κ1) is 20.7. The molecule has 4 N–H and O–H groups in total. The van der Waals surface area contributed by atoms with Crippen LogP contribution in [0.1, 0.15) is 12.5 Å². The highest BCUT2D eigenvalue weighted by Crippen LogP contribution is 2.32. The third-order valence-electron chi connectivity index (χ3n) is 5.13. The predicted molar refractivity (Wildman–Crippen MR) is 126 cm³/mol. The van der Waals surface area contributed by atoms with Gasteiger partial charge in [0.25, 0.3) is 0 Å². The number of nitrogens with two attached hydrogens (primary N) is 1. The lowest BCUT2D eigenvalue weighted by atomic mass is 10.1. The normalized spacial score (nSPS) is 13.0. The monoisotopic (exact) mass is 461 g/mol. The highest BCUT2D eigenvalue weighted by Gasteiger charge is 2.18. The topological polar surface area (TPSA) is 109 Å². The van der Waals surface area contributed by atoms with Gasteiger partial charge in [-0.2, -0.15) is 9.49 Å². The fraction of sp³-hybridized carbons (Fsp3) is 0.0435. The number of aromatic nitrogens is 6. The number of rotatable bonds is 4. The summed E-state index contributed by atoms with van der Waals surface area (Å²) in [7, 11) is 0. The average molecular weight is 462 g/mol. The Morgan fingerprint density at radius 1 is 1.18 bits per heavy atom. The molecule has 5 rings (SSSR count). The third kappa shape index (κ3) is 3.60. The van der Waals surface area contributed by atoms with E-state index in [0.29, 0.717) is 43.9 Å². The maximum absolute atomic E-state index is 15.8. The molecule has 0 fully saturated rings. The molecule has 0 saturated heterocycles. The van der Waals surface area contributed by atoms with E-state index in [-0.39, 0.29) is 21.6 Å². The molecule has 0 atom stereocenters. The molecule has 33 heavy (non-hydrogen) atoms. The predicted octanol–water partition coefficient (Wildman–Crippen LogP) is 3.78. The second-order valence-corrected chi connectivity index (χ2v) is 8.26. The van der Waals surface area contributed by atoms with Crippen LogP contribution in [-0.4, -0.2) is 30.1 Å². The van der Waals surface area contributed by atoms with Crippen LogP contribution < -0.4 is 16.3 Å². The summed E-state index contributed by atoms with van der Waals surface area (Å²) in [5.74, 6) is -0.248. The lowest BCUT2D eigenvalue weighted by molar-refractivity contribution is 0.657. The Hall–Kier alpha value is -4.18. The van der Waals surface area contributed by atoms with Gasteiger partial charge in [0, 0.05) is 40.2 Å². The van der Waals surface area contributed by atoms with Crippen molar-refractivity contribution in [2.45, 2.75) is 6.92 Å². The fourth-order valence-corrected chi connectivity index (χ4v) is 4.28. The van der Waals surface area contributed by atoms with Crippen LogP contribution in [0, 0.1) is 5.13 Å². The van der Waals surface area contributed by atoms with E-state index in [1.54, 1.807) is 37.5 Å². The van der Waals surface area contributed by atoms with E-state index < -0.39 is 5.83 Å². The first-order valence-corrected chi connectivity index (χ1v) is 10.7. The van der Waals surface area contributed by atoms with E-state index in [9.17, 15) is 4.39 Å². The van der Waals surface area contributed by atoms with Crippen molar-refractivity contribution in [2.75, 3.05) is 5.73 Å². The molecule has 5 aromatic rings. The Morgan fingerprint density at radius 3 is 2.73 bits per heavy atom. The van der Waals surface area contributed by atoms with E-state index in [2.05, 4.69) is 36.7 Å². The smallest absolute Gasteiger partial charge is 0.176 e. The second-order valence-electron chi connectivity index (χ2n) is 7.22. The van der Waals surface area contributed by atoms with Crippen LogP contribution in [0.15, 0.2) is 49.6 Å². The molecular formula is C23H17F2N7S. The van der Waals surface area contributed by atoms with E-state index in [1.165, 1.54) is 18.5 Å². The summed E-state index contributed by atoms with van der Waals surface area (Å²) in [6, 6.07) is 4.66. The largest absolute Gasteiger partial charge is 0.397 e. The first-order valence-electron chi connectivity index (χ1n) is 9.86. The Balaban J connectivity index is 1.71. The zero-order valence-corrected chi connectivity index (χ0v) is 18.2. The number of hydrogen-bond donors (Lipinski definition) is 3. The first-order chi connectivity index (χ1) is 16.0. The van der Waals surface area contributed by atoms with Gasteiger partial charge in [-0.25, -0.2) is 9.37 Å². The number of thiophene rings is 1. The van der Waals surface area contributed by atoms with Crippen LogP contribution in [-0.2, 0) is 0 Å². The molecule has 5 aromatic heterocycles. The summed E-state index contributed by atoms with van der Waals surface area (Å²) in [5, 5.41) is 7.52. The molecule has 5 heterocycles. The molecule has 0 aliphatic heterocycles. The average Bonchev–Trinajstić information content (AvgIpc) is 3.54. The van der Waals surface area contributed by atoms with Crippen LogP contribution >= 0.6 is 11.3 Å². The summed E-state index contributed by atoms with van der Waals surface area (Å²) in [6.07, 6.45) is 7.90. The van der Waals surface area contributed by atoms with Gasteiger partial charge >= 0.3 is 0 Å². The number of fused-ring (bicyclic) bond motifs is 1. The molecule has 0 aliphatic rings. The molecule has 0 unspecified atom stereocenters. The number of allylic oxidation sites excluding steroid dienone is 1. The van der Waals surface area contributed by atoms with Gasteiger partial charge in [0.05, 0.1) is 28.0 Å². The molecule has 0 amide bonds. The van der Waals surface area contributed by atoms with Crippen LogP contribution in [0.2, 0.25) is 0 Å². The molecule has 10 heteroatoms. The molecule has 7 nitrogen and oxygen atoms in total. The number of anilines is 1. The van der Waals surface area contributed by atoms with Crippen LogP contribution in [0.4, 0.5) is 14.5 Å². The Morgan fingerprint density at radius 2 is 2.00 bits per heavy atom. The minimum atomic E-state index is -0.585. The van der Waals surface area contributed by atoms with Crippen molar-refractivity contribution in [3.8, 4) is 22.0 Å². The summed E-state index contributed by atoms with van der Waals surface area (Å²) < 4.78 is 29.3. The Kier molecular flexibility index (Phi) is 5.06. The quantitative estimate of drug-likeness (QED) is 0.377. The number of H-pyrrole nitrogens is 2. The van der Waals surface area contributed by atoms with Crippen LogP contribution in [0.3, 0.4) is 0 Å². The van der Waals surface area contributed by atoms with Crippen molar-refractivity contribution in [3.05, 3.63) is 70.8 Å². The van der Waals surface area contributed by atoms with Crippen molar-refractivity contribution < 1.29 is 8.78 Å². The summed E-state index contributed by atoms with van der Waals surface area (Å²) in [4.78, 5) is 16.7. The summed E-state index contributed by atoms with van der Waals surface area (Å²) >= 11 is 1.000. The third-order valence-corrected chi connectivity index (χ3v) is 6.04. The number of aromatic amines is 2. The minimum Gasteiger partial charge on any atom is -0.397 e. The maximum atomic E-state index is 15.8. The van der Waals surface area contributed by atoms with Crippen molar-refractivity contribution in [1.29, 1.82) is 0 Å². The number of halogens is 2. The Labute approximate surface area is 190 Å². The van der Waals surface area contributed by atoms with Gasteiger partial charge in [-0.15, -0.1) is 11.3 Å². The van der Waals surface area contributed by atoms with E-state index in [1.807, 2.05) is 0 Å². The number of nitrogen functional groups attached to an aromatic ring is 1. The molecule has 0 radical (unpaired) electrons. The zero-order chi connectivity index (χ0) is 23.1. The second kappa shape index (κ2) is 8.06. The number of nitrogens with zero attached hydrogens (tertiary/aromatic N) is 4. The van der Waals surface area contributed by atoms with Gasteiger partial charge < -0.3 is 10.7 Å². The van der Waals surface area contributed by atoms with Crippen LogP contribution in [0.5, 0.6) is 0 Å². The fourth-order valence-electron chi connectivity index (χ4n) is 3.54. The lowest BCUT2D eigenvalue weighted by Crippen LogP contribution is -2.26. The number of imidazole rings is 1. The molecule has 0 spiro atoms. The molecule has 164 valence electrons. The summed E-state index contributed by atoms with van der Waals surface area (Å²) in [6.45, 7) is 5.66. The van der Waals surface area contributed by atoms with Gasteiger partial charge in [-0.05, 0) is 25.1 Å². The lowest BCUT2D eigenvalue weighted by Gasteiger charge is -2.04. The van der Waals surface area contributed by atoms with Crippen molar-refractivity contribution >= 4 is 45.5 Å². The molecule has 0 aromatic carbocycles. The van der Waals surface area contributed by atoms with Crippen molar-refractivity contribution in [1.82, 2.24) is 30.1 Å². The summed E-state index contributed by atoms with van der Waals surface area (Å²) in [5.41, 5.74) is 8.91. The van der Waals surface area contributed by atoms with E-state index in [0.717, 1.165) is 11.3 Å². The zero-order valence-electron chi connectivity index (χ0n) is 17.4. The van der Waals surface area contributed by atoms with Gasteiger partial charge in [-0.3, -0.25) is 15.1 Å². The van der Waals surface area contributed by atoms with E-state index >= 15 is 4.39 Å². The molecule has 0 aliphatic carbocycles. The SMILES string of the molecule is C=C(/C(F)=c1/c(-c2nc3c(-c4ccc(F)s4)cncc3[nH]2)n[nH]/c1=C/C)c1cncc(N)c1. The number of nitrogens with one attached hydrogen (secondary N) is 2. The Bertz CT molecular complexity index is 1640. The van der Waals surface area contributed by atoms with E-state index in [4.69, 9.17) is 5.73 Å². The highest BCUT2D eigenvalue weighted by atomic mass is 32.1. The van der Waals surface area contributed by atoms with Gasteiger partial charge in [0.15, 0.2) is 11.0 Å². The number of hydrogen-bond acceptors (Lipinski definition) is 6. The number of pyridine rings is 2. The molecule has 0 saturated carbocycles. The minimum absolute atomic E-state index is 0.119. The maximum Gasteiger partial charge on any atom is 0.176 e. The van der Waals surface area contributed by atoms with Gasteiger partial charge in [0.2, 0.25) is 0 Å². The van der Waals surface area contributed by atoms with Gasteiger partial charge in [-0.1, -0.05) is 12.7 Å². The molecule has 0 bridgehead atoms. The highest BCUT2D eigenvalue weighted by molar-refractivity contribution is 7.14. The van der Waals surface area contributed by atoms with Crippen molar-refractivity contribution in [2.24, 2.45) is 0 Å². The molecular weight excluding hydrogens is 444 g/mol. The van der Waals surface area contributed by atoms with Gasteiger partial charge in [0.1, 0.15) is 17.0 Å². The standard InChI is InChI=1S/C23H17F2N7S/c1-3-15-19(20(25)11(2)12-6-13(26)8-27-7-12)22(32-31-15)23-29-16-10-28-9-14(21(16)30-23)17-4-5-18(24)33-17/h3-10,31H,2,26H2,1H3,(H,29,30)/b15-3+,20-19-. The van der Waals surface area contributed by atoms with Crippen LogP contribution in [0.25, 0.3) is 50.5 Å². The van der Waals surface area contributed by atoms with Crippen molar-refractivity contribution in [3.63, 3.8) is 0 Å².